The highest BCUT2D eigenvalue weighted by atomic mass is 16.2. The maximum Gasteiger partial charge on any atom is 0.312 e. The summed E-state index contributed by atoms with van der Waals surface area (Å²) in [5.41, 5.74) is 7.34. The SMILES string of the molecule is CC(C)c1cccc(CNC(N)=O)c1. The van der Waals surface area contributed by atoms with Crippen molar-refractivity contribution in [1.29, 1.82) is 0 Å². The van der Waals surface area contributed by atoms with Crippen molar-refractivity contribution < 1.29 is 4.79 Å². The molecule has 0 saturated carbocycles. The quantitative estimate of drug-likeness (QED) is 0.756. The van der Waals surface area contributed by atoms with E-state index in [1.807, 2.05) is 12.1 Å². The maximum absolute atomic E-state index is 10.5. The van der Waals surface area contributed by atoms with Crippen LogP contribution in [0.1, 0.15) is 30.9 Å². The van der Waals surface area contributed by atoms with E-state index < -0.39 is 6.03 Å². The number of carbonyl (C=O) groups excluding carboxylic acids is 1. The molecule has 0 saturated heterocycles. The van der Waals surface area contributed by atoms with Gasteiger partial charge in [-0.1, -0.05) is 38.1 Å². The molecule has 0 aliphatic rings. The van der Waals surface area contributed by atoms with E-state index in [2.05, 4.69) is 31.3 Å². The first-order valence-electron chi connectivity index (χ1n) is 4.71. The van der Waals surface area contributed by atoms with Crippen LogP contribution in [0.4, 0.5) is 4.79 Å². The molecule has 1 aromatic carbocycles. The van der Waals surface area contributed by atoms with Gasteiger partial charge in [-0.05, 0) is 17.0 Å². The minimum absolute atomic E-state index is 0.486. The largest absolute Gasteiger partial charge is 0.352 e. The molecule has 1 aromatic rings. The Labute approximate surface area is 84.3 Å². The molecule has 0 aromatic heterocycles. The number of amides is 2. The molecule has 0 atom stereocenters. The van der Waals surface area contributed by atoms with Gasteiger partial charge < -0.3 is 11.1 Å². The Bertz CT molecular complexity index is 321. The molecule has 0 spiro atoms. The zero-order valence-electron chi connectivity index (χ0n) is 8.58. The zero-order valence-corrected chi connectivity index (χ0v) is 8.58. The monoisotopic (exact) mass is 192 g/mol. The van der Waals surface area contributed by atoms with E-state index in [-0.39, 0.29) is 0 Å². The second-order valence-electron chi connectivity index (χ2n) is 3.62. The summed E-state index contributed by atoms with van der Waals surface area (Å²) in [5.74, 6) is 0.503. The number of hydrogen-bond donors (Lipinski definition) is 2. The summed E-state index contributed by atoms with van der Waals surface area (Å²) in [4.78, 5) is 10.5. The van der Waals surface area contributed by atoms with Gasteiger partial charge in [-0.3, -0.25) is 0 Å². The highest BCUT2D eigenvalue weighted by molar-refractivity contribution is 5.71. The van der Waals surface area contributed by atoms with Gasteiger partial charge in [0, 0.05) is 6.54 Å². The van der Waals surface area contributed by atoms with Crippen LogP contribution in [0.15, 0.2) is 24.3 Å². The van der Waals surface area contributed by atoms with E-state index in [1.54, 1.807) is 0 Å². The fourth-order valence-electron chi connectivity index (χ4n) is 1.25. The maximum atomic E-state index is 10.5. The van der Waals surface area contributed by atoms with Crippen LogP contribution in [0.3, 0.4) is 0 Å². The Morgan fingerprint density at radius 1 is 1.50 bits per heavy atom. The molecule has 0 fully saturated rings. The molecule has 1 rings (SSSR count). The lowest BCUT2D eigenvalue weighted by Gasteiger charge is -2.08. The summed E-state index contributed by atoms with van der Waals surface area (Å²) >= 11 is 0. The Morgan fingerprint density at radius 3 is 2.79 bits per heavy atom. The fraction of sp³-hybridized carbons (Fsp3) is 0.364. The predicted molar refractivity (Wildman–Crippen MR) is 57.0 cm³/mol. The van der Waals surface area contributed by atoms with Crippen LogP contribution < -0.4 is 11.1 Å². The second-order valence-corrected chi connectivity index (χ2v) is 3.62. The Balaban J connectivity index is 2.68. The molecule has 0 aliphatic heterocycles. The molecular weight excluding hydrogens is 176 g/mol. The van der Waals surface area contributed by atoms with Gasteiger partial charge in [0.05, 0.1) is 0 Å². The number of hydrogen-bond acceptors (Lipinski definition) is 1. The standard InChI is InChI=1S/C11H16N2O/c1-8(2)10-5-3-4-9(6-10)7-13-11(12)14/h3-6,8H,7H2,1-2H3,(H3,12,13,14). The fourth-order valence-corrected chi connectivity index (χ4v) is 1.25. The third-order valence-electron chi connectivity index (χ3n) is 2.08. The first-order chi connectivity index (χ1) is 6.59. The molecule has 0 heterocycles. The van der Waals surface area contributed by atoms with Gasteiger partial charge in [0.25, 0.3) is 0 Å². The molecule has 0 bridgehead atoms. The van der Waals surface area contributed by atoms with Crippen LogP contribution in [0, 0.1) is 0 Å². The Morgan fingerprint density at radius 2 is 2.21 bits per heavy atom. The third kappa shape index (κ3) is 3.09. The van der Waals surface area contributed by atoms with Gasteiger partial charge in [-0.25, -0.2) is 4.79 Å². The van der Waals surface area contributed by atoms with Crippen LogP contribution in [0.5, 0.6) is 0 Å². The van der Waals surface area contributed by atoms with Crippen molar-refractivity contribution in [1.82, 2.24) is 5.32 Å². The van der Waals surface area contributed by atoms with E-state index in [4.69, 9.17) is 5.73 Å². The van der Waals surface area contributed by atoms with Crippen molar-refractivity contribution in [3.05, 3.63) is 35.4 Å². The molecule has 2 amide bonds. The summed E-state index contributed by atoms with van der Waals surface area (Å²) < 4.78 is 0. The normalized spacial score (nSPS) is 10.2. The summed E-state index contributed by atoms with van der Waals surface area (Å²) in [6.07, 6.45) is 0. The number of carbonyl (C=O) groups is 1. The molecule has 0 unspecified atom stereocenters. The molecule has 76 valence electrons. The van der Waals surface area contributed by atoms with Gasteiger partial charge in [-0.15, -0.1) is 0 Å². The Kier molecular flexibility index (Phi) is 3.51. The summed E-state index contributed by atoms with van der Waals surface area (Å²) in [6, 6.07) is 7.65. The summed E-state index contributed by atoms with van der Waals surface area (Å²) in [7, 11) is 0. The molecular formula is C11H16N2O. The molecule has 3 nitrogen and oxygen atoms in total. The van der Waals surface area contributed by atoms with Gasteiger partial charge in [0.1, 0.15) is 0 Å². The Hall–Kier alpha value is -1.51. The first-order valence-corrected chi connectivity index (χ1v) is 4.71. The van der Waals surface area contributed by atoms with Crippen molar-refractivity contribution in [2.24, 2.45) is 5.73 Å². The lowest BCUT2D eigenvalue weighted by atomic mass is 10.0. The minimum Gasteiger partial charge on any atom is -0.352 e. The zero-order chi connectivity index (χ0) is 10.6. The number of urea groups is 1. The predicted octanol–water partition coefficient (Wildman–Crippen LogP) is 1.98. The molecule has 0 radical (unpaired) electrons. The molecule has 0 aliphatic carbocycles. The van der Waals surface area contributed by atoms with Gasteiger partial charge in [0.2, 0.25) is 0 Å². The number of primary amides is 1. The first kappa shape index (κ1) is 10.6. The van der Waals surface area contributed by atoms with Gasteiger partial charge >= 0.3 is 6.03 Å². The van der Waals surface area contributed by atoms with E-state index in [1.165, 1.54) is 5.56 Å². The van der Waals surface area contributed by atoms with Crippen molar-refractivity contribution in [2.45, 2.75) is 26.3 Å². The van der Waals surface area contributed by atoms with E-state index >= 15 is 0 Å². The average molecular weight is 192 g/mol. The van der Waals surface area contributed by atoms with Crippen LogP contribution in [-0.2, 0) is 6.54 Å². The van der Waals surface area contributed by atoms with Crippen LogP contribution in [-0.4, -0.2) is 6.03 Å². The van der Waals surface area contributed by atoms with Crippen LogP contribution >= 0.6 is 0 Å². The smallest absolute Gasteiger partial charge is 0.312 e. The topological polar surface area (TPSA) is 55.1 Å². The lowest BCUT2D eigenvalue weighted by Crippen LogP contribution is -2.28. The van der Waals surface area contributed by atoms with E-state index in [9.17, 15) is 4.79 Å². The number of benzene rings is 1. The van der Waals surface area contributed by atoms with E-state index in [0.29, 0.717) is 12.5 Å². The molecule has 3 N–H and O–H groups in total. The van der Waals surface area contributed by atoms with Crippen molar-refractivity contribution in [2.75, 3.05) is 0 Å². The number of rotatable bonds is 3. The lowest BCUT2D eigenvalue weighted by molar-refractivity contribution is 0.248. The molecule has 3 heteroatoms. The van der Waals surface area contributed by atoms with Crippen LogP contribution in [0.2, 0.25) is 0 Å². The average Bonchev–Trinajstić information content (AvgIpc) is 2.15. The second kappa shape index (κ2) is 4.65. The number of nitrogens with one attached hydrogen (secondary N) is 1. The minimum atomic E-state index is -0.486. The van der Waals surface area contributed by atoms with Gasteiger partial charge in [-0.2, -0.15) is 0 Å². The number of nitrogens with two attached hydrogens (primary N) is 1. The highest BCUT2D eigenvalue weighted by Crippen LogP contribution is 2.15. The van der Waals surface area contributed by atoms with E-state index in [0.717, 1.165) is 5.56 Å². The highest BCUT2D eigenvalue weighted by Gasteiger charge is 2.00. The van der Waals surface area contributed by atoms with Crippen molar-refractivity contribution in [3.8, 4) is 0 Å². The van der Waals surface area contributed by atoms with Gasteiger partial charge in [0.15, 0.2) is 0 Å². The molecule has 14 heavy (non-hydrogen) atoms. The van der Waals surface area contributed by atoms with Crippen LogP contribution in [0.25, 0.3) is 0 Å². The summed E-state index contributed by atoms with van der Waals surface area (Å²) in [5, 5.41) is 2.57. The third-order valence-corrected chi connectivity index (χ3v) is 2.08. The van der Waals surface area contributed by atoms with Crippen molar-refractivity contribution in [3.63, 3.8) is 0 Å². The van der Waals surface area contributed by atoms with Crippen molar-refractivity contribution >= 4 is 6.03 Å². The summed E-state index contributed by atoms with van der Waals surface area (Å²) in [6.45, 7) is 4.77.